The molecule has 0 aliphatic rings. The van der Waals surface area contributed by atoms with Crippen molar-refractivity contribution in [3.05, 3.63) is 41.2 Å². The predicted octanol–water partition coefficient (Wildman–Crippen LogP) is 0.506. The highest BCUT2D eigenvalue weighted by Crippen LogP contribution is 2.17. The maximum absolute atomic E-state index is 11.5. The first kappa shape index (κ1) is 16.0. The van der Waals surface area contributed by atoms with Gasteiger partial charge in [-0.05, 0) is 24.6 Å². The van der Waals surface area contributed by atoms with Crippen LogP contribution in [0.3, 0.4) is 0 Å². The molecule has 7 nitrogen and oxygen atoms in total. The maximum atomic E-state index is 11.5. The molecule has 0 aliphatic carbocycles. The van der Waals surface area contributed by atoms with Crippen molar-refractivity contribution in [3.63, 3.8) is 0 Å². The molecule has 0 spiro atoms. The summed E-state index contributed by atoms with van der Waals surface area (Å²) in [6, 6.07) is 7.68. The van der Waals surface area contributed by atoms with Crippen LogP contribution in [0.25, 0.3) is 0 Å². The number of amides is 1. The summed E-state index contributed by atoms with van der Waals surface area (Å²) in [5.41, 5.74) is 2.24. The van der Waals surface area contributed by atoms with E-state index in [-0.39, 0.29) is 19.1 Å². The highest BCUT2D eigenvalue weighted by atomic mass is 16.5. The number of hydrogen-bond acceptors (Lipinski definition) is 5. The molecule has 0 saturated heterocycles. The molecule has 0 atom stereocenters. The molecule has 1 heterocycles. The Labute approximate surface area is 128 Å². The number of nitrogens with one attached hydrogen (secondary N) is 1. The third-order valence-electron chi connectivity index (χ3n) is 3.25. The second-order valence-electron chi connectivity index (χ2n) is 4.73. The molecule has 1 aromatic heterocycles. The lowest BCUT2D eigenvalue weighted by Crippen LogP contribution is -2.25. The predicted molar refractivity (Wildman–Crippen MR) is 80.4 cm³/mol. The van der Waals surface area contributed by atoms with E-state index in [0.29, 0.717) is 18.7 Å². The highest BCUT2D eigenvalue weighted by molar-refractivity contribution is 5.75. The monoisotopic (exact) mass is 304 g/mol. The molecule has 7 heteroatoms. The molecule has 0 unspecified atom stereocenters. The fourth-order valence-corrected chi connectivity index (χ4v) is 2.09. The summed E-state index contributed by atoms with van der Waals surface area (Å²) < 4.78 is 6.92. The summed E-state index contributed by atoms with van der Waals surface area (Å²) in [5, 5.41) is 19.8. The van der Waals surface area contributed by atoms with Crippen LogP contribution in [0.5, 0.6) is 5.75 Å². The van der Waals surface area contributed by atoms with E-state index >= 15 is 0 Å². The fraction of sp³-hybridized carbons (Fsp3) is 0.400. The van der Waals surface area contributed by atoms with E-state index in [2.05, 4.69) is 15.6 Å². The first-order valence-corrected chi connectivity index (χ1v) is 7.12. The van der Waals surface area contributed by atoms with Gasteiger partial charge in [0.05, 0.1) is 18.9 Å². The average molecular weight is 304 g/mol. The summed E-state index contributed by atoms with van der Waals surface area (Å²) in [7, 11) is 1.57. The molecule has 1 aromatic carbocycles. The lowest BCUT2D eigenvalue weighted by Gasteiger charge is -2.08. The lowest BCUT2D eigenvalue weighted by molar-refractivity contribution is -0.121. The zero-order chi connectivity index (χ0) is 15.9. The smallest absolute Gasteiger partial charge is 0.241 e. The largest absolute Gasteiger partial charge is 0.494 e. The Morgan fingerprint density at radius 2 is 2.09 bits per heavy atom. The summed E-state index contributed by atoms with van der Waals surface area (Å²) in [5.74, 6) is 0.646. The van der Waals surface area contributed by atoms with Gasteiger partial charge in [0.2, 0.25) is 5.91 Å². The van der Waals surface area contributed by atoms with Crippen LogP contribution < -0.4 is 10.1 Å². The first-order chi connectivity index (χ1) is 10.7. The molecular formula is C15H20N4O3. The molecule has 118 valence electrons. The molecule has 2 N–H and O–H groups in total. The number of hydrogen-bond donors (Lipinski definition) is 2. The van der Waals surface area contributed by atoms with Crippen molar-refractivity contribution < 1.29 is 14.6 Å². The van der Waals surface area contributed by atoms with E-state index in [0.717, 1.165) is 17.0 Å². The van der Waals surface area contributed by atoms with Gasteiger partial charge in [0.25, 0.3) is 0 Å². The Kier molecular flexibility index (Phi) is 5.48. The number of carbonyl (C=O) groups is 1. The molecule has 0 radical (unpaired) electrons. The van der Waals surface area contributed by atoms with E-state index in [1.54, 1.807) is 7.05 Å². The van der Waals surface area contributed by atoms with Crippen LogP contribution in [0.4, 0.5) is 0 Å². The highest BCUT2D eigenvalue weighted by Gasteiger charge is 2.14. The zero-order valence-corrected chi connectivity index (χ0v) is 12.7. The molecule has 2 aromatic rings. The van der Waals surface area contributed by atoms with E-state index < -0.39 is 0 Å². The minimum atomic E-state index is -0.208. The Morgan fingerprint density at radius 1 is 1.36 bits per heavy atom. The van der Waals surface area contributed by atoms with Crippen molar-refractivity contribution in [2.45, 2.75) is 26.5 Å². The van der Waals surface area contributed by atoms with Crippen LogP contribution in [0, 0.1) is 0 Å². The molecule has 0 saturated carbocycles. The second-order valence-corrected chi connectivity index (χ2v) is 4.73. The topological polar surface area (TPSA) is 89.3 Å². The summed E-state index contributed by atoms with van der Waals surface area (Å²) in [6.45, 7) is 2.43. The van der Waals surface area contributed by atoms with Crippen LogP contribution in [-0.2, 0) is 24.4 Å². The third kappa shape index (κ3) is 3.82. The number of benzene rings is 1. The van der Waals surface area contributed by atoms with Gasteiger partial charge < -0.3 is 15.2 Å². The third-order valence-corrected chi connectivity index (χ3v) is 3.25. The number of likely N-dealkylation sites (N-methyl/N-ethyl adjacent to an activating group) is 1. The Hall–Kier alpha value is -2.41. The summed E-state index contributed by atoms with van der Waals surface area (Å²) in [6.07, 6.45) is 0.534. The van der Waals surface area contributed by atoms with E-state index in [9.17, 15) is 9.90 Å². The quantitative estimate of drug-likeness (QED) is 0.778. The van der Waals surface area contributed by atoms with Gasteiger partial charge in [-0.3, -0.25) is 4.79 Å². The van der Waals surface area contributed by atoms with Gasteiger partial charge >= 0.3 is 0 Å². The number of carbonyl (C=O) groups excluding carboxylic acids is 1. The number of aliphatic hydroxyl groups excluding tert-OH is 1. The van der Waals surface area contributed by atoms with Crippen LogP contribution in [0.2, 0.25) is 0 Å². The first-order valence-electron chi connectivity index (χ1n) is 7.12. The zero-order valence-electron chi connectivity index (χ0n) is 12.7. The number of nitrogens with zero attached hydrogens (tertiary/aromatic N) is 3. The number of rotatable bonds is 7. The standard InChI is InChI=1S/C15H20N4O3/c1-3-22-12-6-4-11(5-7-12)8-14-13(10-20)17-18-19(14)9-15(21)16-2/h4-7,20H,3,8-10H2,1-2H3,(H,16,21). The fourth-order valence-electron chi connectivity index (χ4n) is 2.09. The van der Waals surface area contributed by atoms with Gasteiger partial charge in [-0.25, -0.2) is 4.68 Å². The van der Waals surface area contributed by atoms with Crippen molar-refractivity contribution in [2.75, 3.05) is 13.7 Å². The SMILES string of the molecule is CCOc1ccc(Cc2c(CO)nnn2CC(=O)NC)cc1. The number of aliphatic hydroxyl groups is 1. The second kappa shape index (κ2) is 7.56. The summed E-state index contributed by atoms with van der Waals surface area (Å²) >= 11 is 0. The van der Waals surface area contributed by atoms with Crippen molar-refractivity contribution >= 4 is 5.91 Å². The van der Waals surface area contributed by atoms with Gasteiger partial charge in [0.1, 0.15) is 18.0 Å². The van der Waals surface area contributed by atoms with E-state index in [1.165, 1.54) is 4.68 Å². The van der Waals surface area contributed by atoms with Crippen molar-refractivity contribution in [1.29, 1.82) is 0 Å². The molecule has 2 rings (SSSR count). The number of ether oxygens (including phenoxy) is 1. The Morgan fingerprint density at radius 3 is 2.68 bits per heavy atom. The van der Waals surface area contributed by atoms with Gasteiger partial charge in [-0.15, -0.1) is 5.10 Å². The minimum Gasteiger partial charge on any atom is -0.494 e. The Bertz CT molecular complexity index is 622. The van der Waals surface area contributed by atoms with Gasteiger partial charge in [0, 0.05) is 13.5 Å². The Balaban J connectivity index is 2.19. The molecule has 0 aliphatic heterocycles. The van der Waals surface area contributed by atoms with Crippen molar-refractivity contribution in [3.8, 4) is 5.75 Å². The van der Waals surface area contributed by atoms with Crippen molar-refractivity contribution in [2.24, 2.45) is 0 Å². The van der Waals surface area contributed by atoms with Crippen LogP contribution >= 0.6 is 0 Å². The van der Waals surface area contributed by atoms with E-state index in [4.69, 9.17) is 4.74 Å². The molecule has 1 amide bonds. The molecule has 22 heavy (non-hydrogen) atoms. The van der Waals surface area contributed by atoms with Crippen LogP contribution in [0.1, 0.15) is 23.9 Å². The molecule has 0 fully saturated rings. The van der Waals surface area contributed by atoms with Gasteiger partial charge in [-0.2, -0.15) is 0 Å². The molecule has 0 bridgehead atoms. The molecular weight excluding hydrogens is 284 g/mol. The minimum absolute atomic E-state index is 0.0792. The number of aromatic nitrogens is 3. The van der Waals surface area contributed by atoms with Crippen LogP contribution in [-0.4, -0.2) is 39.7 Å². The van der Waals surface area contributed by atoms with Crippen molar-refractivity contribution in [1.82, 2.24) is 20.3 Å². The average Bonchev–Trinajstić information content (AvgIpc) is 2.91. The van der Waals surface area contributed by atoms with Gasteiger partial charge in [-0.1, -0.05) is 17.3 Å². The summed E-state index contributed by atoms with van der Waals surface area (Å²) in [4.78, 5) is 11.5. The normalized spacial score (nSPS) is 10.5. The van der Waals surface area contributed by atoms with Crippen LogP contribution in [0.15, 0.2) is 24.3 Å². The maximum Gasteiger partial charge on any atom is 0.241 e. The lowest BCUT2D eigenvalue weighted by atomic mass is 10.1. The van der Waals surface area contributed by atoms with E-state index in [1.807, 2.05) is 31.2 Å². The van der Waals surface area contributed by atoms with Gasteiger partial charge in [0.15, 0.2) is 0 Å².